The van der Waals surface area contributed by atoms with Gasteiger partial charge in [0.25, 0.3) is 0 Å². The van der Waals surface area contributed by atoms with Gasteiger partial charge in [0.2, 0.25) is 0 Å². The molecular formula is C19H38. The molecule has 0 nitrogen and oxygen atoms in total. The highest BCUT2D eigenvalue weighted by Gasteiger charge is 1.92. The fraction of sp³-hybridized carbons (Fsp3) is 0.895. The summed E-state index contributed by atoms with van der Waals surface area (Å²) in [6, 6.07) is 0. The standard InChI is InChI=1S/C19H38/c1-3-5-7-9-11-13-15-17-19-18-16-14-12-10-8-6-4-2/h7,9H,3-6,8,10-19H2,1-2H3/b9-7+. The van der Waals surface area contributed by atoms with Crippen molar-refractivity contribution in [2.24, 2.45) is 0 Å². The maximum absolute atomic E-state index is 2.37. The molecule has 0 aromatic carbocycles. The van der Waals surface area contributed by atoms with Crippen LogP contribution in [0.3, 0.4) is 0 Å². The van der Waals surface area contributed by atoms with Gasteiger partial charge in [0.05, 0.1) is 0 Å². The van der Waals surface area contributed by atoms with Crippen LogP contribution < -0.4 is 0 Å². The fourth-order valence-corrected chi connectivity index (χ4v) is 2.51. The first-order chi connectivity index (χ1) is 9.41. The second kappa shape index (κ2) is 17.7. The minimum absolute atomic E-state index is 1.26. The number of rotatable bonds is 15. The fourth-order valence-electron chi connectivity index (χ4n) is 2.51. The van der Waals surface area contributed by atoms with E-state index in [1.54, 1.807) is 0 Å². The Kier molecular flexibility index (Phi) is 17.5. The summed E-state index contributed by atoms with van der Waals surface area (Å²) in [5.41, 5.74) is 0. The third-order valence-electron chi connectivity index (χ3n) is 3.85. The Hall–Kier alpha value is -0.260. The van der Waals surface area contributed by atoms with Crippen molar-refractivity contribution in [2.45, 2.75) is 110 Å². The average molecular weight is 267 g/mol. The van der Waals surface area contributed by atoms with Crippen molar-refractivity contribution in [1.29, 1.82) is 0 Å². The van der Waals surface area contributed by atoms with E-state index in [-0.39, 0.29) is 0 Å². The number of unbranched alkanes of at least 4 members (excludes halogenated alkanes) is 13. The van der Waals surface area contributed by atoms with Crippen molar-refractivity contribution >= 4 is 0 Å². The molecule has 0 fully saturated rings. The van der Waals surface area contributed by atoms with E-state index < -0.39 is 0 Å². The lowest BCUT2D eigenvalue weighted by atomic mass is 10.0. The van der Waals surface area contributed by atoms with Gasteiger partial charge in [-0.15, -0.1) is 0 Å². The predicted octanol–water partition coefficient (Wildman–Crippen LogP) is 7.43. The molecule has 0 aliphatic carbocycles. The first-order valence-electron chi connectivity index (χ1n) is 9.06. The van der Waals surface area contributed by atoms with E-state index in [0.29, 0.717) is 0 Å². The Bertz CT molecular complexity index is 169. The summed E-state index contributed by atoms with van der Waals surface area (Å²) in [6.45, 7) is 4.54. The van der Waals surface area contributed by atoms with Gasteiger partial charge < -0.3 is 0 Å². The van der Waals surface area contributed by atoms with Crippen LogP contribution in [-0.4, -0.2) is 0 Å². The van der Waals surface area contributed by atoms with E-state index in [2.05, 4.69) is 26.0 Å². The van der Waals surface area contributed by atoms with Gasteiger partial charge in [-0.2, -0.15) is 0 Å². The molecular weight excluding hydrogens is 228 g/mol. The van der Waals surface area contributed by atoms with Gasteiger partial charge in [0.15, 0.2) is 0 Å². The minimum atomic E-state index is 1.26. The van der Waals surface area contributed by atoms with Crippen LogP contribution in [-0.2, 0) is 0 Å². The summed E-state index contributed by atoms with van der Waals surface area (Å²) < 4.78 is 0. The maximum atomic E-state index is 2.37. The van der Waals surface area contributed by atoms with Crippen LogP contribution in [0, 0.1) is 0 Å². The Morgan fingerprint density at radius 2 is 0.842 bits per heavy atom. The van der Waals surface area contributed by atoms with Gasteiger partial charge in [-0.05, 0) is 19.3 Å². The molecule has 0 rings (SSSR count). The third-order valence-corrected chi connectivity index (χ3v) is 3.85. The van der Waals surface area contributed by atoms with Gasteiger partial charge in [-0.25, -0.2) is 0 Å². The van der Waals surface area contributed by atoms with Crippen LogP contribution in [0.15, 0.2) is 12.2 Å². The van der Waals surface area contributed by atoms with Gasteiger partial charge in [-0.1, -0.05) is 103 Å². The molecule has 0 heterocycles. The minimum Gasteiger partial charge on any atom is -0.0885 e. The topological polar surface area (TPSA) is 0 Å². The van der Waals surface area contributed by atoms with Crippen LogP contribution in [0.1, 0.15) is 110 Å². The van der Waals surface area contributed by atoms with E-state index in [4.69, 9.17) is 0 Å². The molecule has 0 amide bonds. The van der Waals surface area contributed by atoms with Gasteiger partial charge >= 0.3 is 0 Å². The summed E-state index contributed by atoms with van der Waals surface area (Å²) in [7, 11) is 0. The van der Waals surface area contributed by atoms with Crippen molar-refractivity contribution in [2.75, 3.05) is 0 Å². The number of hydrogen-bond donors (Lipinski definition) is 0. The van der Waals surface area contributed by atoms with Crippen molar-refractivity contribution in [1.82, 2.24) is 0 Å². The molecule has 0 aromatic rings. The molecule has 0 saturated carbocycles. The molecule has 0 heteroatoms. The van der Waals surface area contributed by atoms with Gasteiger partial charge in [0.1, 0.15) is 0 Å². The largest absolute Gasteiger partial charge is 0.0885 e. The molecule has 0 aliphatic rings. The highest BCUT2D eigenvalue weighted by Crippen LogP contribution is 2.12. The summed E-state index contributed by atoms with van der Waals surface area (Å²) in [4.78, 5) is 0. The predicted molar refractivity (Wildman–Crippen MR) is 89.7 cm³/mol. The van der Waals surface area contributed by atoms with E-state index in [1.165, 1.54) is 96.3 Å². The molecule has 0 saturated heterocycles. The monoisotopic (exact) mass is 266 g/mol. The lowest BCUT2D eigenvalue weighted by Crippen LogP contribution is -1.82. The van der Waals surface area contributed by atoms with Crippen molar-refractivity contribution in [3.63, 3.8) is 0 Å². The quantitative estimate of drug-likeness (QED) is 0.213. The molecule has 114 valence electrons. The highest BCUT2D eigenvalue weighted by atomic mass is 14.0. The molecule has 0 N–H and O–H groups in total. The lowest BCUT2D eigenvalue weighted by Gasteiger charge is -2.02. The van der Waals surface area contributed by atoms with Crippen LogP contribution >= 0.6 is 0 Å². The zero-order valence-electron chi connectivity index (χ0n) is 13.8. The molecule has 19 heavy (non-hydrogen) atoms. The maximum Gasteiger partial charge on any atom is -0.0351 e. The van der Waals surface area contributed by atoms with Crippen LogP contribution in [0.25, 0.3) is 0 Å². The molecule has 0 aliphatic heterocycles. The average Bonchev–Trinajstić information content (AvgIpc) is 2.43. The molecule has 0 radical (unpaired) electrons. The molecule has 0 spiro atoms. The Labute approximate surface area is 123 Å². The number of allylic oxidation sites excluding steroid dienone is 2. The zero-order valence-corrected chi connectivity index (χ0v) is 13.8. The summed E-state index contributed by atoms with van der Waals surface area (Å²) in [6.07, 6.45) is 26.0. The van der Waals surface area contributed by atoms with Crippen LogP contribution in [0.4, 0.5) is 0 Å². The second-order valence-electron chi connectivity index (χ2n) is 5.94. The Morgan fingerprint density at radius 1 is 0.421 bits per heavy atom. The molecule has 0 atom stereocenters. The molecule has 0 unspecified atom stereocenters. The molecule has 0 aromatic heterocycles. The Morgan fingerprint density at radius 3 is 1.32 bits per heavy atom. The van der Waals surface area contributed by atoms with E-state index >= 15 is 0 Å². The van der Waals surface area contributed by atoms with Gasteiger partial charge in [0, 0.05) is 0 Å². The number of hydrogen-bond acceptors (Lipinski definition) is 0. The highest BCUT2D eigenvalue weighted by molar-refractivity contribution is 4.80. The van der Waals surface area contributed by atoms with E-state index in [9.17, 15) is 0 Å². The van der Waals surface area contributed by atoms with E-state index in [0.717, 1.165) is 0 Å². The van der Waals surface area contributed by atoms with E-state index in [1.807, 2.05) is 0 Å². The summed E-state index contributed by atoms with van der Waals surface area (Å²) in [5, 5.41) is 0. The summed E-state index contributed by atoms with van der Waals surface area (Å²) in [5.74, 6) is 0. The summed E-state index contributed by atoms with van der Waals surface area (Å²) >= 11 is 0. The van der Waals surface area contributed by atoms with Crippen molar-refractivity contribution in [3.05, 3.63) is 12.2 Å². The normalized spacial score (nSPS) is 11.5. The smallest absolute Gasteiger partial charge is 0.0351 e. The lowest BCUT2D eigenvalue weighted by molar-refractivity contribution is 0.545. The van der Waals surface area contributed by atoms with Crippen LogP contribution in [0.5, 0.6) is 0 Å². The van der Waals surface area contributed by atoms with Crippen molar-refractivity contribution < 1.29 is 0 Å². The first kappa shape index (κ1) is 18.7. The van der Waals surface area contributed by atoms with Crippen molar-refractivity contribution in [3.8, 4) is 0 Å². The third kappa shape index (κ3) is 17.7. The van der Waals surface area contributed by atoms with Crippen LogP contribution in [0.2, 0.25) is 0 Å². The second-order valence-corrected chi connectivity index (χ2v) is 5.94. The molecule has 0 bridgehead atoms. The zero-order chi connectivity index (χ0) is 14.0. The van der Waals surface area contributed by atoms with Gasteiger partial charge in [-0.3, -0.25) is 0 Å². The Balaban J connectivity index is 2.95. The first-order valence-corrected chi connectivity index (χ1v) is 9.06. The SMILES string of the molecule is CCC/C=C/CCCCCCCCCCCCCC.